The number of ether oxygens (including phenoxy) is 2. The van der Waals surface area contributed by atoms with E-state index in [4.69, 9.17) is 9.47 Å². The topological polar surface area (TPSA) is 35.5 Å². The SMILES string of the molecule is CC1CCC(OC2CCC(P(=O)(c3ccccc3)c3ccccc3)C(OC3CCC(C)C(C(F)(F)F)C3)C2)CC1C(F)(F)F. The van der Waals surface area contributed by atoms with Crippen molar-refractivity contribution in [1.82, 2.24) is 0 Å². The first kappa shape index (κ1) is 33.5. The molecule has 0 radical (unpaired) electrons. The summed E-state index contributed by atoms with van der Waals surface area (Å²) in [6.07, 6.45) is -8.22. The molecule has 3 saturated carbocycles. The van der Waals surface area contributed by atoms with E-state index in [1.807, 2.05) is 60.7 Å². The number of alkyl halides is 6. The summed E-state index contributed by atoms with van der Waals surface area (Å²) < 4.78 is 111. The molecule has 3 aliphatic rings. The van der Waals surface area contributed by atoms with Gasteiger partial charge in [-0.2, -0.15) is 26.3 Å². The summed E-state index contributed by atoms with van der Waals surface area (Å²) in [5.74, 6) is -3.89. The summed E-state index contributed by atoms with van der Waals surface area (Å²) in [5, 5.41) is 1.31. The van der Waals surface area contributed by atoms with Crippen molar-refractivity contribution < 1.29 is 40.4 Å². The molecule has 0 N–H and O–H groups in total. The number of benzene rings is 2. The lowest BCUT2D eigenvalue weighted by atomic mass is 9.78. The van der Waals surface area contributed by atoms with Gasteiger partial charge in [0.1, 0.15) is 7.14 Å². The molecule has 5 rings (SSSR count). The fraction of sp³-hybridized carbons (Fsp3) is 0.647. The Morgan fingerprint density at radius 2 is 1.00 bits per heavy atom. The second-order valence-electron chi connectivity index (χ2n) is 13.3. The van der Waals surface area contributed by atoms with Crippen molar-refractivity contribution in [2.45, 2.75) is 114 Å². The molecule has 9 unspecified atom stereocenters. The van der Waals surface area contributed by atoms with E-state index in [9.17, 15) is 26.3 Å². The predicted molar refractivity (Wildman–Crippen MR) is 160 cm³/mol. The molecule has 0 aromatic heterocycles. The molecule has 0 bridgehead atoms. The molecular formula is C34H43F6O3P. The Kier molecular flexibility index (Phi) is 10.3. The fourth-order valence-electron chi connectivity index (χ4n) is 7.84. The Bertz CT molecular complexity index is 1210. The molecule has 3 nitrogen and oxygen atoms in total. The maximum Gasteiger partial charge on any atom is 0.392 e. The van der Waals surface area contributed by atoms with E-state index < -0.39 is 73.2 Å². The third-order valence-electron chi connectivity index (χ3n) is 10.3. The minimum absolute atomic E-state index is 0.101. The van der Waals surface area contributed by atoms with Crippen LogP contribution in [-0.4, -0.2) is 42.4 Å². The molecule has 0 spiro atoms. The van der Waals surface area contributed by atoms with Crippen molar-refractivity contribution >= 4 is 17.8 Å². The first-order valence-corrected chi connectivity index (χ1v) is 17.7. The molecule has 3 aliphatic carbocycles. The lowest BCUT2D eigenvalue weighted by Crippen LogP contribution is -2.47. The Morgan fingerprint density at radius 1 is 0.591 bits per heavy atom. The van der Waals surface area contributed by atoms with Crippen LogP contribution >= 0.6 is 7.14 Å². The predicted octanol–water partition coefficient (Wildman–Crippen LogP) is 9.06. The highest BCUT2D eigenvalue weighted by molar-refractivity contribution is 7.79. The minimum atomic E-state index is -4.34. The molecule has 2 aromatic rings. The molecule has 2 aromatic carbocycles. The standard InChI is InChI=1S/C34H43F6O3P/c1-22-13-15-24(19-29(22)33(35,36)37)42-26-17-18-32(31(21-26)43-25-16-14-23(2)30(20-25)34(38,39)40)44(41,27-9-5-3-6-10-27)28-11-7-4-8-12-28/h3-12,22-26,29-32H,13-21H2,1-2H3. The third-order valence-corrected chi connectivity index (χ3v) is 14.0. The van der Waals surface area contributed by atoms with Crippen LogP contribution in [0.4, 0.5) is 26.3 Å². The molecule has 0 heterocycles. The van der Waals surface area contributed by atoms with Crippen molar-refractivity contribution in [2.24, 2.45) is 23.7 Å². The van der Waals surface area contributed by atoms with Gasteiger partial charge in [0.2, 0.25) is 0 Å². The molecule has 9 atom stereocenters. The van der Waals surface area contributed by atoms with Crippen LogP contribution in [0.3, 0.4) is 0 Å². The van der Waals surface area contributed by atoms with Crippen LogP contribution in [0.25, 0.3) is 0 Å². The van der Waals surface area contributed by atoms with Crippen LogP contribution in [0.15, 0.2) is 60.7 Å². The summed E-state index contributed by atoms with van der Waals surface area (Å²) >= 11 is 0. The first-order valence-electron chi connectivity index (χ1n) is 15.9. The number of hydrogen-bond acceptors (Lipinski definition) is 3. The zero-order chi connectivity index (χ0) is 31.7. The lowest BCUT2D eigenvalue weighted by Gasteiger charge is -2.45. The summed E-state index contributed by atoms with van der Waals surface area (Å²) in [6.45, 7) is 3.26. The fourth-order valence-corrected chi connectivity index (χ4v) is 11.3. The van der Waals surface area contributed by atoms with Gasteiger partial charge in [0.05, 0.1) is 36.3 Å². The molecule has 3 fully saturated rings. The van der Waals surface area contributed by atoms with E-state index in [0.717, 1.165) is 0 Å². The Hall–Kier alpha value is -1.83. The van der Waals surface area contributed by atoms with Gasteiger partial charge < -0.3 is 14.0 Å². The van der Waals surface area contributed by atoms with Gasteiger partial charge in [0.25, 0.3) is 0 Å². The molecule has 0 saturated heterocycles. The number of hydrogen-bond donors (Lipinski definition) is 0. The normalized spacial score (nSPS) is 34.0. The minimum Gasteiger partial charge on any atom is -0.375 e. The quantitative estimate of drug-likeness (QED) is 0.223. The van der Waals surface area contributed by atoms with Crippen LogP contribution in [0.2, 0.25) is 0 Å². The van der Waals surface area contributed by atoms with Crippen molar-refractivity contribution in [3.8, 4) is 0 Å². The average molecular weight is 645 g/mol. The Labute approximate surface area is 256 Å². The van der Waals surface area contributed by atoms with E-state index >= 15 is 4.57 Å². The monoisotopic (exact) mass is 644 g/mol. The second-order valence-corrected chi connectivity index (χ2v) is 16.3. The van der Waals surface area contributed by atoms with Crippen LogP contribution in [0.1, 0.15) is 71.6 Å². The van der Waals surface area contributed by atoms with E-state index in [2.05, 4.69) is 0 Å². The Balaban J connectivity index is 1.43. The number of rotatable bonds is 7. The van der Waals surface area contributed by atoms with Gasteiger partial charge >= 0.3 is 12.4 Å². The zero-order valence-electron chi connectivity index (χ0n) is 25.3. The molecule has 10 heteroatoms. The van der Waals surface area contributed by atoms with E-state index in [1.165, 1.54) is 0 Å². The third kappa shape index (κ3) is 7.41. The Morgan fingerprint density at radius 3 is 1.45 bits per heavy atom. The summed E-state index contributed by atoms with van der Waals surface area (Å²) in [5.41, 5.74) is -0.509. The number of halogens is 6. The molecule has 0 amide bonds. The highest BCUT2D eigenvalue weighted by Crippen LogP contribution is 2.56. The zero-order valence-corrected chi connectivity index (χ0v) is 26.2. The smallest absolute Gasteiger partial charge is 0.375 e. The summed E-state index contributed by atoms with van der Waals surface area (Å²) in [4.78, 5) is 0. The van der Waals surface area contributed by atoms with E-state index in [-0.39, 0.29) is 19.3 Å². The van der Waals surface area contributed by atoms with Crippen molar-refractivity contribution in [3.63, 3.8) is 0 Å². The van der Waals surface area contributed by atoms with Crippen LogP contribution in [0.5, 0.6) is 0 Å². The van der Waals surface area contributed by atoms with Crippen molar-refractivity contribution in [2.75, 3.05) is 0 Å². The van der Waals surface area contributed by atoms with Crippen molar-refractivity contribution in [1.29, 1.82) is 0 Å². The molecule has 44 heavy (non-hydrogen) atoms. The van der Waals surface area contributed by atoms with Gasteiger partial charge in [-0.05, 0) is 63.2 Å². The first-order chi connectivity index (χ1) is 20.8. The van der Waals surface area contributed by atoms with Crippen LogP contribution in [0, 0.1) is 23.7 Å². The lowest BCUT2D eigenvalue weighted by molar-refractivity contribution is -0.214. The molecule has 244 valence electrons. The maximum absolute atomic E-state index is 15.4. The summed E-state index contributed by atoms with van der Waals surface area (Å²) in [7, 11) is -3.34. The highest BCUT2D eigenvalue weighted by Gasteiger charge is 2.51. The van der Waals surface area contributed by atoms with Gasteiger partial charge in [-0.25, -0.2) is 0 Å². The molecular weight excluding hydrogens is 601 g/mol. The van der Waals surface area contributed by atoms with Gasteiger partial charge in [-0.1, -0.05) is 74.5 Å². The van der Waals surface area contributed by atoms with Gasteiger partial charge in [0.15, 0.2) is 0 Å². The average Bonchev–Trinajstić information content (AvgIpc) is 2.98. The van der Waals surface area contributed by atoms with E-state index in [0.29, 0.717) is 49.1 Å². The highest BCUT2D eigenvalue weighted by atomic mass is 31.2. The maximum atomic E-state index is 15.4. The summed E-state index contributed by atoms with van der Waals surface area (Å²) in [6, 6.07) is 18.3. The van der Waals surface area contributed by atoms with Gasteiger partial charge in [-0.3, -0.25) is 0 Å². The molecule has 0 aliphatic heterocycles. The van der Waals surface area contributed by atoms with Gasteiger partial charge in [0, 0.05) is 22.7 Å². The second kappa shape index (κ2) is 13.5. The van der Waals surface area contributed by atoms with Crippen LogP contribution < -0.4 is 10.6 Å². The van der Waals surface area contributed by atoms with Gasteiger partial charge in [-0.15, -0.1) is 0 Å². The van der Waals surface area contributed by atoms with E-state index in [1.54, 1.807) is 13.8 Å². The largest absolute Gasteiger partial charge is 0.392 e. The van der Waals surface area contributed by atoms with Crippen LogP contribution in [-0.2, 0) is 14.0 Å². The van der Waals surface area contributed by atoms with Crippen molar-refractivity contribution in [3.05, 3.63) is 60.7 Å².